The van der Waals surface area contributed by atoms with Crippen LogP contribution in [0.3, 0.4) is 0 Å². The van der Waals surface area contributed by atoms with Crippen molar-refractivity contribution in [3.63, 3.8) is 0 Å². The van der Waals surface area contributed by atoms with E-state index in [1.54, 1.807) is 0 Å². The maximum Gasteiger partial charge on any atom is 0.134 e. The molecular formula is C22H21FO. The summed E-state index contributed by atoms with van der Waals surface area (Å²) in [5, 5.41) is 1.61. The number of hydrogen-bond donors (Lipinski definition) is 0. The van der Waals surface area contributed by atoms with Gasteiger partial charge in [0.25, 0.3) is 0 Å². The molecule has 3 aromatic rings. The second kappa shape index (κ2) is 7.31. The molecule has 0 heterocycles. The molecule has 0 radical (unpaired) electrons. The van der Waals surface area contributed by atoms with E-state index in [9.17, 15) is 4.39 Å². The van der Waals surface area contributed by atoms with Crippen molar-refractivity contribution in [3.8, 4) is 16.9 Å². The topological polar surface area (TPSA) is 9.23 Å². The normalized spacial score (nSPS) is 11.3. The van der Waals surface area contributed by atoms with Crippen LogP contribution in [0.2, 0.25) is 0 Å². The van der Waals surface area contributed by atoms with E-state index in [0.29, 0.717) is 18.4 Å². The SMILES string of the molecule is CC=CCOc1ccc(-c2ccc3c(F)c(CC)ccc3c2)cc1. The monoisotopic (exact) mass is 320 g/mol. The van der Waals surface area contributed by atoms with Crippen molar-refractivity contribution in [3.05, 3.63) is 78.1 Å². The van der Waals surface area contributed by atoms with E-state index in [4.69, 9.17) is 4.74 Å². The second-order valence-electron chi connectivity index (χ2n) is 5.73. The highest BCUT2D eigenvalue weighted by atomic mass is 19.1. The number of fused-ring (bicyclic) bond motifs is 1. The van der Waals surface area contributed by atoms with Gasteiger partial charge in [-0.3, -0.25) is 0 Å². The molecule has 1 nitrogen and oxygen atoms in total. The molecule has 0 bridgehead atoms. The zero-order chi connectivity index (χ0) is 16.9. The van der Waals surface area contributed by atoms with Crippen molar-refractivity contribution in [1.29, 1.82) is 0 Å². The van der Waals surface area contributed by atoms with E-state index in [2.05, 4.69) is 0 Å². The first kappa shape index (κ1) is 16.3. The highest BCUT2D eigenvalue weighted by molar-refractivity contribution is 5.88. The molecule has 0 atom stereocenters. The third kappa shape index (κ3) is 3.33. The molecule has 0 aromatic heterocycles. The molecule has 0 N–H and O–H groups in total. The lowest BCUT2D eigenvalue weighted by Crippen LogP contribution is -1.92. The summed E-state index contributed by atoms with van der Waals surface area (Å²) in [5.41, 5.74) is 2.93. The summed E-state index contributed by atoms with van der Waals surface area (Å²) < 4.78 is 20.0. The van der Waals surface area contributed by atoms with Crippen molar-refractivity contribution < 1.29 is 9.13 Å². The number of rotatable bonds is 5. The molecule has 0 saturated heterocycles. The number of benzene rings is 3. The third-order valence-corrected chi connectivity index (χ3v) is 4.18. The minimum atomic E-state index is -0.103. The summed E-state index contributed by atoms with van der Waals surface area (Å²) >= 11 is 0. The fourth-order valence-electron chi connectivity index (χ4n) is 2.77. The van der Waals surface area contributed by atoms with Crippen LogP contribution in [-0.4, -0.2) is 6.61 Å². The Bertz CT molecular complexity index is 863. The van der Waals surface area contributed by atoms with Gasteiger partial charge in [0.05, 0.1) is 0 Å². The molecule has 0 spiro atoms. The molecule has 3 aromatic carbocycles. The van der Waals surface area contributed by atoms with Gasteiger partial charge in [-0.15, -0.1) is 0 Å². The van der Waals surface area contributed by atoms with Crippen LogP contribution in [0.4, 0.5) is 4.39 Å². The zero-order valence-electron chi connectivity index (χ0n) is 14.1. The van der Waals surface area contributed by atoms with Gasteiger partial charge in [-0.25, -0.2) is 4.39 Å². The van der Waals surface area contributed by atoms with Crippen LogP contribution in [0.5, 0.6) is 5.75 Å². The van der Waals surface area contributed by atoms with Crippen LogP contribution in [-0.2, 0) is 6.42 Å². The second-order valence-corrected chi connectivity index (χ2v) is 5.73. The standard InChI is InChI=1S/C22H21FO/c1-3-5-14-24-20-11-8-17(9-12-20)18-10-13-21-19(15-18)7-6-16(4-2)22(21)23/h3,5-13,15H,4,14H2,1-2H3. The van der Waals surface area contributed by atoms with E-state index >= 15 is 0 Å². The van der Waals surface area contributed by atoms with Gasteiger partial charge in [0, 0.05) is 5.39 Å². The van der Waals surface area contributed by atoms with Gasteiger partial charge < -0.3 is 4.74 Å². The summed E-state index contributed by atoms with van der Waals surface area (Å²) in [6.07, 6.45) is 4.64. The minimum Gasteiger partial charge on any atom is -0.490 e. The summed E-state index contributed by atoms with van der Waals surface area (Å²) in [6, 6.07) is 17.7. The predicted molar refractivity (Wildman–Crippen MR) is 99.0 cm³/mol. The van der Waals surface area contributed by atoms with E-state index in [1.807, 2.05) is 80.6 Å². The Kier molecular flexibility index (Phi) is 4.95. The van der Waals surface area contributed by atoms with Crippen LogP contribution >= 0.6 is 0 Å². The first-order valence-electron chi connectivity index (χ1n) is 8.28. The van der Waals surface area contributed by atoms with Crippen molar-refractivity contribution in [2.24, 2.45) is 0 Å². The lowest BCUT2D eigenvalue weighted by atomic mass is 9.99. The molecule has 0 unspecified atom stereocenters. The molecule has 24 heavy (non-hydrogen) atoms. The van der Waals surface area contributed by atoms with Gasteiger partial charge in [-0.1, -0.05) is 55.5 Å². The van der Waals surface area contributed by atoms with Gasteiger partial charge in [0.15, 0.2) is 0 Å². The molecule has 0 aliphatic rings. The number of allylic oxidation sites excluding steroid dienone is 1. The number of halogens is 1. The molecule has 0 aliphatic heterocycles. The van der Waals surface area contributed by atoms with Gasteiger partial charge >= 0.3 is 0 Å². The summed E-state index contributed by atoms with van der Waals surface area (Å²) in [5.74, 6) is 0.741. The predicted octanol–water partition coefficient (Wildman–Crippen LogP) is 6.16. The van der Waals surface area contributed by atoms with Crippen LogP contribution in [0.1, 0.15) is 19.4 Å². The molecule has 122 valence electrons. The number of ether oxygens (including phenoxy) is 1. The number of hydrogen-bond acceptors (Lipinski definition) is 1. The Labute approximate surface area is 142 Å². The Hall–Kier alpha value is -2.61. The Balaban J connectivity index is 1.89. The van der Waals surface area contributed by atoms with Crippen LogP contribution < -0.4 is 4.74 Å². The Morgan fingerprint density at radius 3 is 2.42 bits per heavy atom. The van der Waals surface area contributed by atoms with E-state index < -0.39 is 0 Å². The van der Waals surface area contributed by atoms with Gasteiger partial charge in [-0.2, -0.15) is 0 Å². The quantitative estimate of drug-likeness (QED) is 0.511. The highest BCUT2D eigenvalue weighted by Crippen LogP contribution is 2.28. The fraction of sp³-hybridized carbons (Fsp3) is 0.182. The Morgan fingerprint density at radius 2 is 1.71 bits per heavy atom. The summed E-state index contributed by atoms with van der Waals surface area (Å²) in [7, 11) is 0. The van der Waals surface area contributed by atoms with Crippen molar-refractivity contribution in [2.75, 3.05) is 6.61 Å². The summed E-state index contributed by atoms with van der Waals surface area (Å²) in [4.78, 5) is 0. The van der Waals surface area contributed by atoms with Gasteiger partial charge in [0.2, 0.25) is 0 Å². The van der Waals surface area contributed by atoms with Gasteiger partial charge in [-0.05, 0) is 53.6 Å². The van der Waals surface area contributed by atoms with Crippen molar-refractivity contribution >= 4 is 10.8 Å². The average molecular weight is 320 g/mol. The first-order valence-corrected chi connectivity index (χ1v) is 8.28. The van der Waals surface area contributed by atoms with Crippen LogP contribution in [0.25, 0.3) is 21.9 Å². The minimum absolute atomic E-state index is 0.103. The van der Waals surface area contributed by atoms with Crippen LogP contribution in [0, 0.1) is 5.82 Å². The average Bonchev–Trinajstić information content (AvgIpc) is 2.63. The van der Waals surface area contributed by atoms with Crippen molar-refractivity contribution in [2.45, 2.75) is 20.3 Å². The molecule has 0 fully saturated rings. The lowest BCUT2D eigenvalue weighted by Gasteiger charge is -2.09. The van der Waals surface area contributed by atoms with E-state index in [0.717, 1.165) is 27.8 Å². The number of aryl methyl sites for hydroxylation is 1. The largest absolute Gasteiger partial charge is 0.490 e. The molecule has 0 saturated carbocycles. The Morgan fingerprint density at radius 1 is 0.958 bits per heavy atom. The third-order valence-electron chi connectivity index (χ3n) is 4.18. The molecule has 3 rings (SSSR count). The molecule has 0 amide bonds. The highest BCUT2D eigenvalue weighted by Gasteiger charge is 2.07. The maximum absolute atomic E-state index is 14.4. The van der Waals surface area contributed by atoms with Crippen molar-refractivity contribution in [1.82, 2.24) is 0 Å². The van der Waals surface area contributed by atoms with Crippen LogP contribution in [0.15, 0.2) is 66.7 Å². The van der Waals surface area contributed by atoms with E-state index in [1.165, 1.54) is 0 Å². The first-order chi connectivity index (χ1) is 11.7. The fourth-order valence-corrected chi connectivity index (χ4v) is 2.77. The zero-order valence-corrected chi connectivity index (χ0v) is 14.1. The molecular weight excluding hydrogens is 299 g/mol. The molecule has 0 aliphatic carbocycles. The summed E-state index contributed by atoms with van der Waals surface area (Å²) in [6.45, 7) is 4.52. The van der Waals surface area contributed by atoms with E-state index in [-0.39, 0.29) is 5.82 Å². The molecule has 2 heteroatoms. The van der Waals surface area contributed by atoms with Gasteiger partial charge in [0.1, 0.15) is 18.2 Å². The lowest BCUT2D eigenvalue weighted by molar-refractivity contribution is 0.363. The smallest absolute Gasteiger partial charge is 0.134 e. The maximum atomic E-state index is 14.4.